The van der Waals surface area contributed by atoms with Crippen molar-refractivity contribution in [2.24, 2.45) is 5.92 Å². The van der Waals surface area contributed by atoms with E-state index >= 15 is 0 Å². The highest BCUT2D eigenvalue weighted by Gasteiger charge is 2.30. The minimum atomic E-state index is -0.617. The van der Waals surface area contributed by atoms with Crippen LogP contribution in [0, 0.1) is 18.7 Å². The number of imidazole rings is 1. The number of rotatable bonds is 4. The molecule has 0 bridgehead atoms. The van der Waals surface area contributed by atoms with Gasteiger partial charge in [-0.1, -0.05) is 11.6 Å². The number of aromatic nitrogens is 4. The average molecular weight is 374 g/mol. The number of carbonyl (C=O) groups excluding carboxylic acids is 1. The highest BCUT2D eigenvalue weighted by Crippen LogP contribution is 2.32. The van der Waals surface area contributed by atoms with Crippen molar-refractivity contribution in [3.63, 3.8) is 0 Å². The van der Waals surface area contributed by atoms with Crippen molar-refractivity contribution in [1.82, 2.24) is 24.7 Å². The summed E-state index contributed by atoms with van der Waals surface area (Å²) in [5.74, 6) is -0.328. The van der Waals surface area contributed by atoms with E-state index in [0.29, 0.717) is 22.8 Å². The summed E-state index contributed by atoms with van der Waals surface area (Å²) >= 11 is 5.65. The van der Waals surface area contributed by atoms with Gasteiger partial charge in [-0.05, 0) is 44.7 Å². The van der Waals surface area contributed by atoms with Gasteiger partial charge in [-0.2, -0.15) is 0 Å². The first kappa shape index (κ1) is 16.9. The van der Waals surface area contributed by atoms with E-state index in [9.17, 15) is 9.18 Å². The van der Waals surface area contributed by atoms with E-state index in [4.69, 9.17) is 11.6 Å². The van der Waals surface area contributed by atoms with Crippen molar-refractivity contribution < 1.29 is 9.18 Å². The lowest BCUT2D eigenvalue weighted by molar-refractivity contribution is 0.0933. The number of halogens is 2. The summed E-state index contributed by atoms with van der Waals surface area (Å²) in [7, 11) is 0. The van der Waals surface area contributed by atoms with Gasteiger partial charge in [-0.15, -0.1) is 0 Å². The summed E-state index contributed by atoms with van der Waals surface area (Å²) in [6.07, 6.45) is 5.30. The number of nitrogens with one attached hydrogen (secondary N) is 1. The van der Waals surface area contributed by atoms with E-state index in [1.165, 1.54) is 12.3 Å². The van der Waals surface area contributed by atoms with Crippen LogP contribution in [0.4, 0.5) is 4.39 Å². The second-order valence-corrected chi connectivity index (χ2v) is 7.02. The summed E-state index contributed by atoms with van der Waals surface area (Å²) in [4.78, 5) is 25.2. The topological polar surface area (TPSA) is 72.2 Å². The lowest BCUT2D eigenvalue weighted by Gasteiger charge is -2.12. The Morgan fingerprint density at radius 3 is 2.85 bits per heavy atom. The number of nitrogens with zero attached hydrogens (tertiary/aromatic N) is 4. The van der Waals surface area contributed by atoms with Crippen LogP contribution in [-0.2, 0) is 0 Å². The third-order valence-corrected chi connectivity index (χ3v) is 4.97. The highest BCUT2D eigenvalue weighted by atomic mass is 35.5. The van der Waals surface area contributed by atoms with Gasteiger partial charge in [0.05, 0.1) is 5.69 Å². The zero-order chi connectivity index (χ0) is 18.4. The molecule has 1 fully saturated rings. The first-order chi connectivity index (χ1) is 12.4. The number of pyridine rings is 1. The van der Waals surface area contributed by atoms with Crippen LogP contribution in [0.15, 0.2) is 24.7 Å². The van der Waals surface area contributed by atoms with Gasteiger partial charge in [0.2, 0.25) is 0 Å². The molecule has 4 rings (SSSR count). The van der Waals surface area contributed by atoms with Crippen LogP contribution >= 0.6 is 11.6 Å². The second kappa shape index (κ2) is 6.32. The summed E-state index contributed by atoms with van der Waals surface area (Å²) in [6, 6.07) is 3.17. The molecule has 0 radical (unpaired) electrons. The zero-order valence-electron chi connectivity index (χ0n) is 14.3. The standard InChI is InChI=1S/C18H17ClFN5O/c1-9-5-14(12-6-13(20)16(19)21-7-12)24-17-15(22-8-25(9)17)18(26)23-10(2)11-3-4-11/h5-8,10-11H,3-4H2,1-2H3,(H,23,26)/t10-/m0/s1. The third kappa shape index (κ3) is 3.03. The van der Waals surface area contributed by atoms with E-state index in [-0.39, 0.29) is 22.8 Å². The van der Waals surface area contributed by atoms with E-state index in [1.807, 2.05) is 13.8 Å². The quantitative estimate of drug-likeness (QED) is 0.711. The van der Waals surface area contributed by atoms with E-state index in [0.717, 1.165) is 18.5 Å². The lowest BCUT2D eigenvalue weighted by Crippen LogP contribution is -2.34. The van der Waals surface area contributed by atoms with Gasteiger partial charge in [-0.3, -0.25) is 9.20 Å². The molecule has 3 heterocycles. The zero-order valence-corrected chi connectivity index (χ0v) is 15.1. The second-order valence-electron chi connectivity index (χ2n) is 6.67. The van der Waals surface area contributed by atoms with Crippen LogP contribution in [0.5, 0.6) is 0 Å². The Morgan fingerprint density at radius 1 is 1.38 bits per heavy atom. The summed E-state index contributed by atoms with van der Waals surface area (Å²) in [6.45, 7) is 3.87. The Bertz CT molecular complexity index is 1010. The van der Waals surface area contributed by atoms with Crippen molar-refractivity contribution >= 4 is 23.2 Å². The number of carbonyl (C=O) groups is 1. The smallest absolute Gasteiger partial charge is 0.274 e. The van der Waals surface area contributed by atoms with Gasteiger partial charge in [0.15, 0.2) is 22.3 Å². The fraction of sp³-hybridized carbons (Fsp3) is 0.333. The minimum absolute atomic E-state index is 0.109. The lowest BCUT2D eigenvalue weighted by atomic mass is 10.2. The molecule has 0 aliphatic heterocycles. The van der Waals surface area contributed by atoms with Gasteiger partial charge in [0, 0.05) is 23.5 Å². The minimum Gasteiger partial charge on any atom is -0.348 e. The third-order valence-electron chi connectivity index (χ3n) is 4.69. The van der Waals surface area contributed by atoms with Crippen molar-refractivity contribution in [1.29, 1.82) is 0 Å². The Balaban J connectivity index is 1.74. The molecule has 1 atom stereocenters. The van der Waals surface area contributed by atoms with Crippen LogP contribution in [0.25, 0.3) is 16.9 Å². The van der Waals surface area contributed by atoms with E-state index in [2.05, 4.69) is 20.3 Å². The van der Waals surface area contributed by atoms with Crippen LogP contribution in [0.2, 0.25) is 5.15 Å². The van der Waals surface area contributed by atoms with Crippen molar-refractivity contribution in [3.8, 4) is 11.3 Å². The van der Waals surface area contributed by atoms with Gasteiger partial charge in [0.25, 0.3) is 5.91 Å². The van der Waals surface area contributed by atoms with E-state index in [1.54, 1.807) is 16.8 Å². The molecule has 1 saturated carbocycles. The molecule has 6 nitrogen and oxygen atoms in total. The number of aryl methyl sites for hydroxylation is 1. The molecular weight excluding hydrogens is 357 g/mol. The number of amides is 1. The molecular formula is C18H17ClFN5O. The first-order valence-electron chi connectivity index (χ1n) is 8.41. The Labute approximate surface area is 154 Å². The average Bonchev–Trinajstić information content (AvgIpc) is 3.36. The molecule has 0 unspecified atom stereocenters. The molecule has 0 saturated heterocycles. The fourth-order valence-electron chi connectivity index (χ4n) is 2.98. The molecule has 1 N–H and O–H groups in total. The SMILES string of the molecule is Cc1cc(-c2cnc(Cl)c(F)c2)nc2c(C(=O)N[C@@H](C)C3CC3)ncn12. The first-order valence-corrected chi connectivity index (χ1v) is 8.79. The van der Waals surface area contributed by atoms with Crippen LogP contribution in [0.1, 0.15) is 35.9 Å². The molecule has 3 aromatic heterocycles. The van der Waals surface area contributed by atoms with Crippen LogP contribution in [0.3, 0.4) is 0 Å². The maximum Gasteiger partial charge on any atom is 0.274 e. The van der Waals surface area contributed by atoms with Crippen molar-refractivity contribution in [3.05, 3.63) is 47.0 Å². The normalized spacial score (nSPS) is 15.2. The highest BCUT2D eigenvalue weighted by molar-refractivity contribution is 6.29. The molecule has 3 aromatic rings. The van der Waals surface area contributed by atoms with Crippen LogP contribution in [-0.4, -0.2) is 31.3 Å². The molecule has 1 aliphatic rings. The number of fused-ring (bicyclic) bond motifs is 1. The monoisotopic (exact) mass is 373 g/mol. The van der Waals surface area contributed by atoms with Gasteiger partial charge in [-0.25, -0.2) is 19.3 Å². The maximum atomic E-state index is 13.7. The summed E-state index contributed by atoms with van der Waals surface area (Å²) < 4.78 is 15.5. The molecule has 1 amide bonds. The molecule has 8 heteroatoms. The molecule has 134 valence electrons. The molecule has 0 spiro atoms. The predicted molar refractivity (Wildman–Crippen MR) is 95.6 cm³/mol. The number of hydrogen-bond donors (Lipinski definition) is 1. The van der Waals surface area contributed by atoms with Gasteiger partial charge < -0.3 is 5.32 Å². The predicted octanol–water partition coefficient (Wildman–Crippen LogP) is 3.42. The maximum absolute atomic E-state index is 13.7. The Hall–Kier alpha value is -2.54. The van der Waals surface area contributed by atoms with Gasteiger partial charge >= 0.3 is 0 Å². The largest absolute Gasteiger partial charge is 0.348 e. The Kier molecular flexibility index (Phi) is 4.11. The summed E-state index contributed by atoms with van der Waals surface area (Å²) in [5.41, 5.74) is 2.49. The summed E-state index contributed by atoms with van der Waals surface area (Å²) in [5, 5.41) is 2.80. The van der Waals surface area contributed by atoms with Gasteiger partial charge in [0.1, 0.15) is 6.33 Å². The van der Waals surface area contributed by atoms with Crippen LogP contribution < -0.4 is 5.32 Å². The van der Waals surface area contributed by atoms with Crippen molar-refractivity contribution in [2.75, 3.05) is 0 Å². The number of hydrogen-bond acceptors (Lipinski definition) is 4. The fourth-order valence-corrected chi connectivity index (χ4v) is 3.08. The molecule has 1 aliphatic carbocycles. The van der Waals surface area contributed by atoms with E-state index < -0.39 is 5.82 Å². The molecule has 26 heavy (non-hydrogen) atoms. The van der Waals surface area contributed by atoms with Crippen molar-refractivity contribution in [2.45, 2.75) is 32.7 Å². The Morgan fingerprint density at radius 2 is 2.15 bits per heavy atom. The molecule has 0 aromatic carbocycles.